The number of aliphatic hydroxyl groups is 1. The molecule has 94 valence electrons. The standard InChI is InChI=1S/C13H24O2S/c1-3-13(14,4-2)11-5-7-15-12(9-11)6-8-16-10-12/h11,14H,3-10H2,1-2H3. The monoisotopic (exact) mass is 244 g/mol. The smallest absolute Gasteiger partial charge is 0.0784 e. The fraction of sp³-hybridized carbons (Fsp3) is 1.00. The summed E-state index contributed by atoms with van der Waals surface area (Å²) < 4.78 is 6.01. The van der Waals surface area contributed by atoms with Crippen LogP contribution in [0.25, 0.3) is 0 Å². The van der Waals surface area contributed by atoms with Crippen molar-refractivity contribution in [2.75, 3.05) is 18.1 Å². The highest BCUT2D eigenvalue weighted by Gasteiger charge is 2.45. The molecule has 2 saturated heterocycles. The van der Waals surface area contributed by atoms with Gasteiger partial charge in [-0.25, -0.2) is 0 Å². The summed E-state index contributed by atoms with van der Waals surface area (Å²) in [5.74, 6) is 2.80. The predicted octanol–water partition coefficient (Wildman–Crippen LogP) is 2.84. The maximum absolute atomic E-state index is 10.6. The van der Waals surface area contributed by atoms with Gasteiger partial charge in [-0.15, -0.1) is 0 Å². The normalized spacial score (nSPS) is 35.8. The Hall–Kier alpha value is 0.270. The Bertz CT molecular complexity index is 232. The molecule has 2 fully saturated rings. The van der Waals surface area contributed by atoms with Crippen LogP contribution in [0.4, 0.5) is 0 Å². The number of ether oxygens (including phenoxy) is 1. The zero-order valence-electron chi connectivity index (χ0n) is 10.5. The molecule has 2 unspecified atom stereocenters. The van der Waals surface area contributed by atoms with Crippen LogP contribution < -0.4 is 0 Å². The van der Waals surface area contributed by atoms with E-state index in [1.165, 1.54) is 12.2 Å². The molecule has 0 aromatic heterocycles. The van der Waals surface area contributed by atoms with Gasteiger partial charge in [0.25, 0.3) is 0 Å². The Morgan fingerprint density at radius 2 is 2.19 bits per heavy atom. The molecule has 0 bridgehead atoms. The summed E-state index contributed by atoms with van der Waals surface area (Å²) in [6.45, 7) is 5.05. The quantitative estimate of drug-likeness (QED) is 0.828. The van der Waals surface area contributed by atoms with Crippen molar-refractivity contribution >= 4 is 11.8 Å². The first kappa shape index (κ1) is 12.7. The predicted molar refractivity (Wildman–Crippen MR) is 68.9 cm³/mol. The van der Waals surface area contributed by atoms with Crippen LogP contribution in [0.1, 0.15) is 46.0 Å². The van der Waals surface area contributed by atoms with E-state index in [0.29, 0.717) is 5.92 Å². The van der Waals surface area contributed by atoms with Crippen molar-refractivity contribution in [3.63, 3.8) is 0 Å². The van der Waals surface area contributed by atoms with Gasteiger partial charge in [0.05, 0.1) is 11.2 Å². The lowest BCUT2D eigenvalue weighted by atomic mass is 9.73. The third-order valence-electron chi connectivity index (χ3n) is 4.54. The molecule has 2 rings (SSSR count). The zero-order valence-corrected chi connectivity index (χ0v) is 11.3. The molecule has 16 heavy (non-hydrogen) atoms. The molecular formula is C13H24O2S. The van der Waals surface area contributed by atoms with Crippen molar-refractivity contribution in [2.45, 2.75) is 57.2 Å². The van der Waals surface area contributed by atoms with Crippen molar-refractivity contribution < 1.29 is 9.84 Å². The molecule has 2 heterocycles. The first-order valence-electron chi connectivity index (χ1n) is 6.58. The maximum atomic E-state index is 10.6. The average molecular weight is 244 g/mol. The minimum Gasteiger partial charge on any atom is -0.390 e. The van der Waals surface area contributed by atoms with Gasteiger partial charge in [-0.1, -0.05) is 13.8 Å². The first-order valence-corrected chi connectivity index (χ1v) is 7.74. The van der Waals surface area contributed by atoms with Gasteiger partial charge in [0, 0.05) is 12.4 Å². The van der Waals surface area contributed by atoms with Crippen LogP contribution in [-0.4, -0.2) is 34.4 Å². The molecule has 0 aliphatic carbocycles. The number of hydrogen-bond acceptors (Lipinski definition) is 3. The van der Waals surface area contributed by atoms with Crippen LogP contribution in [0.3, 0.4) is 0 Å². The van der Waals surface area contributed by atoms with Crippen molar-refractivity contribution in [1.29, 1.82) is 0 Å². The lowest BCUT2D eigenvalue weighted by Crippen LogP contribution is -2.48. The van der Waals surface area contributed by atoms with Gasteiger partial charge in [-0.3, -0.25) is 0 Å². The average Bonchev–Trinajstić information content (AvgIpc) is 2.76. The van der Waals surface area contributed by atoms with Crippen LogP contribution in [0.15, 0.2) is 0 Å². The van der Waals surface area contributed by atoms with E-state index in [0.717, 1.165) is 38.0 Å². The molecule has 0 saturated carbocycles. The van der Waals surface area contributed by atoms with E-state index in [-0.39, 0.29) is 5.60 Å². The van der Waals surface area contributed by atoms with Gasteiger partial charge in [0.2, 0.25) is 0 Å². The van der Waals surface area contributed by atoms with Crippen molar-refractivity contribution in [1.82, 2.24) is 0 Å². The summed E-state index contributed by atoms with van der Waals surface area (Å²) in [5.41, 5.74) is -0.351. The number of hydrogen-bond donors (Lipinski definition) is 1. The Labute approximate surface area is 103 Å². The van der Waals surface area contributed by atoms with Crippen LogP contribution in [0.2, 0.25) is 0 Å². The van der Waals surface area contributed by atoms with Crippen molar-refractivity contribution in [2.24, 2.45) is 5.92 Å². The van der Waals surface area contributed by atoms with E-state index in [1.54, 1.807) is 0 Å². The van der Waals surface area contributed by atoms with Gasteiger partial charge < -0.3 is 9.84 Å². The van der Waals surface area contributed by atoms with Gasteiger partial charge in [-0.2, -0.15) is 11.8 Å². The molecule has 0 aromatic carbocycles. The van der Waals surface area contributed by atoms with Gasteiger partial charge >= 0.3 is 0 Å². The number of thioether (sulfide) groups is 1. The fourth-order valence-electron chi connectivity index (χ4n) is 3.18. The molecule has 1 spiro atoms. The van der Waals surface area contributed by atoms with E-state index in [1.807, 2.05) is 11.8 Å². The molecule has 1 N–H and O–H groups in total. The minimum absolute atomic E-state index is 0.103. The number of rotatable bonds is 3. The zero-order chi connectivity index (χ0) is 11.6. The van der Waals surface area contributed by atoms with E-state index < -0.39 is 5.60 Å². The summed E-state index contributed by atoms with van der Waals surface area (Å²) in [6, 6.07) is 0. The van der Waals surface area contributed by atoms with E-state index in [4.69, 9.17) is 4.74 Å². The van der Waals surface area contributed by atoms with Crippen LogP contribution in [-0.2, 0) is 4.74 Å². The third kappa shape index (κ3) is 2.27. The Morgan fingerprint density at radius 3 is 2.75 bits per heavy atom. The van der Waals surface area contributed by atoms with E-state index >= 15 is 0 Å². The van der Waals surface area contributed by atoms with Gasteiger partial charge in [-0.05, 0) is 43.8 Å². The summed E-state index contributed by atoms with van der Waals surface area (Å²) >= 11 is 2.00. The topological polar surface area (TPSA) is 29.5 Å². The highest BCUT2D eigenvalue weighted by Crippen LogP contribution is 2.44. The van der Waals surface area contributed by atoms with Crippen LogP contribution >= 0.6 is 11.8 Å². The molecule has 0 amide bonds. The summed E-state index contributed by atoms with van der Waals surface area (Å²) in [6.07, 6.45) is 5.02. The molecule has 2 aliphatic rings. The molecule has 2 atom stereocenters. The van der Waals surface area contributed by atoms with E-state index in [9.17, 15) is 5.11 Å². The van der Waals surface area contributed by atoms with Crippen molar-refractivity contribution in [3.05, 3.63) is 0 Å². The maximum Gasteiger partial charge on any atom is 0.0784 e. The molecular weight excluding hydrogens is 220 g/mol. The Kier molecular flexibility index (Phi) is 3.87. The summed E-state index contributed by atoms with van der Waals surface area (Å²) in [7, 11) is 0. The molecule has 0 aromatic rings. The second kappa shape index (κ2) is 4.87. The third-order valence-corrected chi connectivity index (χ3v) is 5.77. The molecule has 2 aliphatic heterocycles. The fourth-order valence-corrected chi connectivity index (χ4v) is 4.56. The summed E-state index contributed by atoms with van der Waals surface area (Å²) in [5, 5.41) is 10.6. The highest BCUT2D eigenvalue weighted by molar-refractivity contribution is 7.99. The highest BCUT2D eigenvalue weighted by atomic mass is 32.2. The lowest BCUT2D eigenvalue weighted by molar-refractivity contribution is -0.134. The SMILES string of the molecule is CCC(O)(CC)C1CCOC2(CCSC2)C1. The molecule has 3 heteroatoms. The van der Waals surface area contributed by atoms with Crippen LogP contribution in [0.5, 0.6) is 0 Å². The Morgan fingerprint density at radius 1 is 1.44 bits per heavy atom. The van der Waals surface area contributed by atoms with Gasteiger partial charge in [0.1, 0.15) is 0 Å². The second-order valence-electron chi connectivity index (χ2n) is 5.33. The molecule has 2 nitrogen and oxygen atoms in total. The van der Waals surface area contributed by atoms with E-state index in [2.05, 4.69) is 13.8 Å². The largest absolute Gasteiger partial charge is 0.390 e. The first-order chi connectivity index (χ1) is 7.64. The second-order valence-corrected chi connectivity index (χ2v) is 6.44. The minimum atomic E-state index is -0.454. The van der Waals surface area contributed by atoms with Crippen molar-refractivity contribution in [3.8, 4) is 0 Å². The lowest BCUT2D eigenvalue weighted by Gasteiger charge is -2.44. The van der Waals surface area contributed by atoms with Crippen LogP contribution in [0, 0.1) is 5.92 Å². The summed E-state index contributed by atoms with van der Waals surface area (Å²) in [4.78, 5) is 0. The Balaban J connectivity index is 2.06. The van der Waals surface area contributed by atoms with Gasteiger partial charge in [0.15, 0.2) is 0 Å². The molecule has 0 radical (unpaired) electrons.